The van der Waals surface area contributed by atoms with Gasteiger partial charge in [0.25, 0.3) is 0 Å². The molecule has 0 atom stereocenters. The van der Waals surface area contributed by atoms with Crippen LogP contribution in [-0.2, 0) is 6.54 Å². The SMILES string of the molecule is Cc1cn(C/C=C/Cl)cc1C. The Labute approximate surface area is 72.3 Å². The molecule has 0 aromatic carbocycles. The van der Waals surface area contributed by atoms with Crippen molar-refractivity contribution in [3.63, 3.8) is 0 Å². The summed E-state index contributed by atoms with van der Waals surface area (Å²) in [4.78, 5) is 0. The summed E-state index contributed by atoms with van der Waals surface area (Å²) in [7, 11) is 0. The molecule has 1 nitrogen and oxygen atoms in total. The third-order valence-electron chi connectivity index (χ3n) is 1.75. The predicted molar refractivity (Wildman–Crippen MR) is 48.9 cm³/mol. The quantitative estimate of drug-likeness (QED) is 0.642. The van der Waals surface area contributed by atoms with Gasteiger partial charge in [-0.2, -0.15) is 0 Å². The fourth-order valence-electron chi connectivity index (χ4n) is 1.01. The maximum atomic E-state index is 5.40. The first kappa shape index (κ1) is 8.41. The summed E-state index contributed by atoms with van der Waals surface area (Å²) in [5.41, 5.74) is 4.20. The third-order valence-corrected chi connectivity index (χ3v) is 1.92. The number of allylic oxidation sites excluding steroid dienone is 1. The van der Waals surface area contributed by atoms with E-state index < -0.39 is 0 Å². The molecule has 0 aliphatic heterocycles. The second-order valence-corrected chi connectivity index (χ2v) is 2.93. The minimum atomic E-state index is 0.859. The van der Waals surface area contributed by atoms with E-state index in [1.807, 2.05) is 6.08 Å². The minimum absolute atomic E-state index is 0.859. The first-order chi connectivity index (χ1) is 5.24. The smallest absolute Gasteiger partial charge is 0.0412 e. The average Bonchev–Trinajstić information content (AvgIpc) is 2.28. The molecule has 2 heteroatoms. The highest BCUT2D eigenvalue weighted by atomic mass is 35.5. The van der Waals surface area contributed by atoms with Gasteiger partial charge in [0.15, 0.2) is 0 Å². The third kappa shape index (κ3) is 2.12. The maximum absolute atomic E-state index is 5.40. The van der Waals surface area contributed by atoms with Gasteiger partial charge in [0.05, 0.1) is 0 Å². The van der Waals surface area contributed by atoms with E-state index in [4.69, 9.17) is 11.6 Å². The van der Waals surface area contributed by atoms with Gasteiger partial charge in [-0.1, -0.05) is 17.7 Å². The van der Waals surface area contributed by atoms with Crippen LogP contribution in [0.15, 0.2) is 24.0 Å². The zero-order valence-electron chi connectivity index (χ0n) is 6.84. The fraction of sp³-hybridized carbons (Fsp3) is 0.333. The number of nitrogens with zero attached hydrogens (tertiary/aromatic N) is 1. The summed E-state index contributed by atoms with van der Waals surface area (Å²) >= 11 is 5.40. The van der Waals surface area contributed by atoms with Crippen LogP contribution < -0.4 is 0 Å². The molecule has 0 saturated heterocycles. The molecule has 1 aromatic heterocycles. The van der Waals surface area contributed by atoms with Gasteiger partial charge in [-0.05, 0) is 25.0 Å². The van der Waals surface area contributed by atoms with Crippen molar-refractivity contribution >= 4 is 11.6 Å². The number of hydrogen-bond acceptors (Lipinski definition) is 0. The molecule has 0 aliphatic rings. The van der Waals surface area contributed by atoms with Crippen LogP contribution in [0.25, 0.3) is 0 Å². The molecule has 0 aliphatic carbocycles. The van der Waals surface area contributed by atoms with Crippen LogP contribution in [0.2, 0.25) is 0 Å². The molecule has 0 saturated carbocycles. The van der Waals surface area contributed by atoms with E-state index in [-0.39, 0.29) is 0 Å². The van der Waals surface area contributed by atoms with Gasteiger partial charge < -0.3 is 4.57 Å². The van der Waals surface area contributed by atoms with E-state index in [2.05, 4.69) is 30.8 Å². The number of rotatable bonds is 2. The monoisotopic (exact) mass is 169 g/mol. The largest absolute Gasteiger partial charge is 0.350 e. The second kappa shape index (κ2) is 3.63. The standard InChI is InChI=1S/C9H12ClN/c1-8-6-11(5-3-4-10)7-9(8)2/h3-4,6-7H,5H2,1-2H3/b4-3+. The molecular weight excluding hydrogens is 158 g/mol. The van der Waals surface area contributed by atoms with Crippen molar-refractivity contribution in [1.82, 2.24) is 4.57 Å². The Bertz CT molecular complexity index is 241. The zero-order valence-corrected chi connectivity index (χ0v) is 7.60. The molecule has 0 spiro atoms. The second-order valence-electron chi connectivity index (χ2n) is 2.68. The van der Waals surface area contributed by atoms with Crippen molar-refractivity contribution in [2.45, 2.75) is 20.4 Å². The van der Waals surface area contributed by atoms with Crippen molar-refractivity contribution in [2.75, 3.05) is 0 Å². The summed E-state index contributed by atoms with van der Waals surface area (Å²) in [5, 5.41) is 0. The lowest BCUT2D eigenvalue weighted by Gasteiger charge is -1.93. The zero-order chi connectivity index (χ0) is 8.27. The van der Waals surface area contributed by atoms with Crippen LogP contribution in [0.4, 0.5) is 0 Å². The Hall–Kier alpha value is -0.690. The van der Waals surface area contributed by atoms with Gasteiger partial charge in [0.1, 0.15) is 0 Å². The van der Waals surface area contributed by atoms with Gasteiger partial charge in [0.2, 0.25) is 0 Å². The van der Waals surface area contributed by atoms with Crippen molar-refractivity contribution in [2.24, 2.45) is 0 Å². The van der Waals surface area contributed by atoms with Crippen molar-refractivity contribution in [3.8, 4) is 0 Å². The van der Waals surface area contributed by atoms with E-state index in [1.165, 1.54) is 11.1 Å². The van der Waals surface area contributed by atoms with E-state index in [0.29, 0.717) is 0 Å². The lowest BCUT2D eigenvalue weighted by atomic mass is 10.2. The van der Waals surface area contributed by atoms with Crippen LogP contribution in [0.3, 0.4) is 0 Å². The summed E-state index contributed by atoms with van der Waals surface area (Å²) in [5.74, 6) is 0. The first-order valence-corrected chi connectivity index (χ1v) is 4.06. The van der Waals surface area contributed by atoms with E-state index in [0.717, 1.165) is 6.54 Å². The molecule has 0 N–H and O–H groups in total. The van der Waals surface area contributed by atoms with Crippen molar-refractivity contribution in [1.29, 1.82) is 0 Å². The molecule has 60 valence electrons. The van der Waals surface area contributed by atoms with Crippen molar-refractivity contribution in [3.05, 3.63) is 35.1 Å². The lowest BCUT2D eigenvalue weighted by molar-refractivity contribution is 0.827. The molecule has 0 fully saturated rings. The van der Waals surface area contributed by atoms with Crippen LogP contribution in [0.1, 0.15) is 11.1 Å². The molecule has 0 radical (unpaired) electrons. The Morgan fingerprint density at radius 2 is 1.91 bits per heavy atom. The van der Waals surface area contributed by atoms with Crippen LogP contribution in [-0.4, -0.2) is 4.57 Å². The molecule has 0 bridgehead atoms. The van der Waals surface area contributed by atoms with Gasteiger partial charge in [-0.25, -0.2) is 0 Å². The van der Waals surface area contributed by atoms with Gasteiger partial charge in [0, 0.05) is 24.5 Å². The minimum Gasteiger partial charge on any atom is -0.350 e. The van der Waals surface area contributed by atoms with Gasteiger partial charge >= 0.3 is 0 Å². The van der Waals surface area contributed by atoms with Gasteiger partial charge in [-0.15, -0.1) is 0 Å². The summed E-state index contributed by atoms with van der Waals surface area (Å²) < 4.78 is 2.11. The van der Waals surface area contributed by atoms with E-state index in [9.17, 15) is 0 Å². The number of hydrogen-bond donors (Lipinski definition) is 0. The summed E-state index contributed by atoms with van der Waals surface area (Å²) in [6, 6.07) is 0. The molecular formula is C9H12ClN. The topological polar surface area (TPSA) is 4.93 Å². The molecule has 0 unspecified atom stereocenters. The lowest BCUT2D eigenvalue weighted by Crippen LogP contribution is -1.88. The van der Waals surface area contributed by atoms with Crippen LogP contribution in [0.5, 0.6) is 0 Å². The number of halogens is 1. The Kier molecular flexibility index (Phi) is 2.77. The highest BCUT2D eigenvalue weighted by molar-refractivity contribution is 6.25. The number of aryl methyl sites for hydroxylation is 2. The Balaban J connectivity index is 2.72. The highest BCUT2D eigenvalue weighted by Crippen LogP contribution is 2.07. The molecule has 0 amide bonds. The normalized spacial score (nSPS) is 11.2. The molecule has 1 heterocycles. The Morgan fingerprint density at radius 3 is 2.36 bits per heavy atom. The first-order valence-electron chi connectivity index (χ1n) is 3.62. The maximum Gasteiger partial charge on any atom is 0.0412 e. The number of aromatic nitrogens is 1. The van der Waals surface area contributed by atoms with Crippen LogP contribution >= 0.6 is 11.6 Å². The highest BCUT2D eigenvalue weighted by Gasteiger charge is 1.94. The van der Waals surface area contributed by atoms with E-state index in [1.54, 1.807) is 5.54 Å². The molecule has 1 aromatic rings. The summed E-state index contributed by atoms with van der Waals surface area (Å²) in [6.07, 6.45) is 6.15. The molecule has 1 rings (SSSR count). The van der Waals surface area contributed by atoms with Gasteiger partial charge in [-0.3, -0.25) is 0 Å². The summed E-state index contributed by atoms with van der Waals surface area (Å²) in [6.45, 7) is 5.07. The Morgan fingerprint density at radius 1 is 1.36 bits per heavy atom. The molecule has 11 heavy (non-hydrogen) atoms. The fourth-order valence-corrected chi connectivity index (χ4v) is 1.09. The van der Waals surface area contributed by atoms with Crippen LogP contribution in [0, 0.1) is 13.8 Å². The average molecular weight is 170 g/mol. The van der Waals surface area contributed by atoms with Crippen molar-refractivity contribution < 1.29 is 0 Å². The predicted octanol–water partition coefficient (Wildman–Crippen LogP) is 2.86. The van der Waals surface area contributed by atoms with E-state index >= 15 is 0 Å².